The highest BCUT2D eigenvalue weighted by atomic mass is 32.2. The molecule has 1 aliphatic rings. The Labute approximate surface area is 182 Å². The lowest BCUT2D eigenvalue weighted by atomic mass is 10.2. The molecule has 0 N–H and O–H groups in total. The van der Waals surface area contributed by atoms with E-state index >= 15 is 0 Å². The van der Waals surface area contributed by atoms with Crippen molar-refractivity contribution in [3.8, 4) is 0 Å². The zero-order chi connectivity index (χ0) is 22.6. The van der Waals surface area contributed by atoms with E-state index in [1.54, 1.807) is 11.8 Å². The highest BCUT2D eigenvalue weighted by Gasteiger charge is 2.32. The van der Waals surface area contributed by atoms with Gasteiger partial charge in [0.2, 0.25) is 15.9 Å². The number of non-ortho nitro benzene ring substituents is 1. The lowest BCUT2D eigenvalue weighted by Gasteiger charge is -2.35. The largest absolute Gasteiger partial charge is 0.362 e. The second-order valence-corrected chi connectivity index (χ2v) is 9.25. The number of nitro groups is 1. The van der Waals surface area contributed by atoms with Crippen molar-refractivity contribution in [3.63, 3.8) is 0 Å². The minimum absolute atomic E-state index is 0.0609. The molecule has 0 atom stereocenters. The second kappa shape index (κ2) is 9.44. The SMILES string of the molecule is CCN(CC(=O)N1CCN(S(=O)(=O)c2cc([N+](=O)[O-])ccc2C)CC1)c1ccccc1. The molecule has 0 unspecified atom stereocenters. The van der Waals surface area contributed by atoms with Crippen LogP contribution in [0.5, 0.6) is 0 Å². The number of hydrogen-bond donors (Lipinski definition) is 0. The van der Waals surface area contributed by atoms with Gasteiger partial charge < -0.3 is 9.80 Å². The topological polar surface area (TPSA) is 104 Å². The van der Waals surface area contributed by atoms with Gasteiger partial charge >= 0.3 is 0 Å². The van der Waals surface area contributed by atoms with Gasteiger partial charge in [-0.2, -0.15) is 4.31 Å². The molecule has 1 aliphatic heterocycles. The van der Waals surface area contributed by atoms with E-state index in [1.807, 2.05) is 42.2 Å². The standard InChI is InChI=1S/C21H26N4O5S/c1-3-22(18-7-5-4-6-8-18)16-21(26)23-11-13-24(14-12-23)31(29,30)20-15-19(25(27)28)10-9-17(20)2/h4-10,15H,3,11-14,16H2,1-2H3. The maximum atomic E-state index is 13.1. The molecule has 1 heterocycles. The Morgan fingerprint density at radius 1 is 1.10 bits per heavy atom. The Balaban J connectivity index is 1.67. The van der Waals surface area contributed by atoms with Gasteiger partial charge in [0.15, 0.2) is 0 Å². The number of hydrogen-bond acceptors (Lipinski definition) is 6. The maximum absolute atomic E-state index is 13.1. The van der Waals surface area contributed by atoms with Crippen LogP contribution in [0.25, 0.3) is 0 Å². The number of carbonyl (C=O) groups is 1. The third kappa shape index (κ3) is 5.02. The average Bonchev–Trinajstić information content (AvgIpc) is 2.78. The van der Waals surface area contributed by atoms with Gasteiger partial charge in [-0.15, -0.1) is 0 Å². The van der Waals surface area contributed by atoms with Crippen LogP contribution in [0, 0.1) is 17.0 Å². The number of rotatable bonds is 7. The zero-order valence-electron chi connectivity index (χ0n) is 17.6. The van der Waals surface area contributed by atoms with Crippen LogP contribution in [0.2, 0.25) is 0 Å². The molecule has 1 saturated heterocycles. The molecule has 0 aliphatic carbocycles. The Morgan fingerprint density at radius 2 is 1.74 bits per heavy atom. The minimum Gasteiger partial charge on any atom is -0.362 e. The quantitative estimate of drug-likeness (QED) is 0.477. The van der Waals surface area contributed by atoms with Crippen LogP contribution in [0.4, 0.5) is 11.4 Å². The van der Waals surface area contributed by atoms with E-state index in [0.29, 0.717) is 12.1 Å². The van der Waals surface area contributed by atoms with Crippen molar-refractivity contribution in [1.82, 2.24) is 9.21 Å². The fourth-order valence-electron chi connectivity index (χ4n) is 3.58. The number of carbonyl (C=O) groups excluding carboxylic acids is 1. The van der Waals surface area contributed by atoms with Crippen molar-refractivity contribution in [1.29, 1.82) is 0 Å². The van der Waals surface area contributed by atoms with Gasteiger partial charge in [0.25, 0.3) is 5.69 Å². The van der Waals surface area contributed by atoms with Crippen molar-refractivity contribution in [3.05, 3.63) is 64.2 Å². The Bertz CT molecular complexity index is 1050. The number of sulfonamides is 1. The van der Waals surface area contributed by atoms with Gasteiger partial charge in [-0.3, -0.25) is 14.9 Å². The number of piperazine rings is 1. The summed E-state index contributed by atoms with van der Waals surface area (Å²) in [5.41, 5.74) is 1.14. The molecule has 0 saturated carbocycles. The molecule has 10 heteroatoms. The summed E-state index contributed by atoms with van der Waals surface area (Å²) in [5.74, 6) is -0.0609. The van der Waals surface area contributed by atoms with Crippen LogP contribution in [-0.4, -0.2) is 67.7 Å². The third-order valence-corrected chi connectivity index (χ3v) is 7.46. The van der Waals surface area contributed by atoms with Crippen molar-refractivity contribution in [2.45, 2.75) is 18.7 Å². The number of nitrogens with zero attached hydrogens (tertiary/aromatic N) is 4. The summed E-state index contributed by atoms with van der Waals surface area (Å²) >= 11 is 0. The molecule has 0 aromatic heterocycles. The number of benzene rings is 2. The van der Waals surface area contributed by atoms with E-state index in [4.69, 9.17) is 0 Å². The number of aryl methyl sites for hydroxylation is 1. The molecule has 9 nitrogen and oxygen atoms in total. The first kappa shape index (κ1) is 22.7. The van der Waals surface area contributed by atoms with Gasteiger partial charge in [-0.1, -0.05) is 24.3 Å². The highest BCUT2D eigenvalue weighted by molar-refractivity contribution is 7.89. The maximum Gasteiger partial charge on any atom is 0.270 e. The van der Waals surface area contributed by atoms with E-state index in [9.17, 15) is 23.3 Å². The zero-order valence-corrected chi connectivity index (χ0v) is 18.4. The van der Waals surface area contributed by atoms with Crippen LogP contribution in [0.15, 0.2) is 53.4 Å². The van der Waals surface area contributed by atoms with E-state index in [-0.39, 0.29) is 49.2 Å². The van der Waals surface area contributed by atoms with Crippen molar-refractivity contribution in [2.75, 3.05) is 44.2 Å². The first-order valence-corrected chi connectivity index (χ1v) is 11.5. The van der Waals surface area contributed by atoms with Gasteiger partial charge in [0.05, 0.1) is 16.4 Å². The lowest BCUT2D eigenvalue weighted by Crippen LogP contribution is -2.52. The van der Waals surface area contributed by atoms with Crippen LogP contribution in [0.3, 0.4) is 0 Å². The summed E-state index contributed by atoms with van der Waals surface area (Å²) in [6.07, 6.45) is 0. The predicted molar refractivity (Wildman–Crippen MR) is 118 cm³/mol. The molecule has 0 spiro atoms. The van der Waals surface area contributed by atoms with E-state index in [2.05, 4.69) is 0 Å². The van der Waals surface area contributed by atoms with Crippen molar-refractivity contribution < 1.29 is 18.1 Å². The number of amides is 1. The van der Waals surface area contributed by atoms with Crippen LogP contribution >= 0.6 is 0 Å². The number of anilines is 1. The van der Waals surface area contributed by atoms with Crippen molar-refractivity contribution in [2.24, 2.45) is 0 Å². The summed E-state index contributed by atoms with van der Waals surface area (Å²) < 4.78 is 27.4. The van der Waals surface area contributed by atoms with E-state index in [0.717, 1.165) is 11.8 Å². The molecular weight excluding hydrogens is 420 g/mol. The Morgan fingerprint density at radius 3 is 2.32 bits per heavy atom. The molecule has 166 valence electrons. The monoisotopic (exact) mass is 446 g/mol. The molecule has 3 rings (SSSR count). The van der Waals surface area contributed by atoms with Gasteiger partial charge in [-0.05, 0) is 31.5 Å². The Kier molecular flexibility index (Phi) is 6.91. The summed E-state index contributed by atoms with van der Waals surface area (Å²) in [6, 6.07) is 13.5. The minimum atomic E-state index is -3.89. The first-order valence-electron chi connectivity index (χ1n) is 10.1. The fraction of sp³-hybridized carbons (Fsp3) is 0.381. The molecule has 1 fully saturated rings. The van der Waals surface area contributed by atoms with Crippen LogP contribution in [0.1, 0.15) is 12.5 Å². The third-order valence-electron chi connectivity index (χ3n) is 5.42. The number of nitro benzene ring substituents is 1. The van der Waals surface area contributed by atoms with Crippen LogP contribution in [-0.2, 0) is 14.8 Å². The Hall–Kier alpha value is -2.98. The fourth-order valence-corrected chi connectivity index (χ4v) is 5.25. The van der Waals surface area contributed by atoms with Gasteiger partial charge in [0, 0.05) is 50.5 Å². The number of likely N-dealkylation sites (N-methyl/N-ethyl adjacent to an activating group) is 1. The first-order chi connectivity index (χ1) is 14.7. The summed E-state index contributed by atoms with van der Waals surface area (Å²) in [4.78, 5) is 26.8. The average molecular weight is 447 g/mol. The molecule has 0 bridgehead atoms. The van der Waals surface area contributed by atoms with Gasteiger partial charge in [0.1, 0.15) is 0 Å². The molecule has 31 heavy (non-hydrogen) atoms. The van der Waals surface area contributed by atoms with E-state index < -0.39 is 14.9 Å². The number of para-hydroxylation sites is 1. The summed E-state index contributed by atoms with van der Waals surface area (Å²) in [5, 5.41) is 11.0. The highest BCUT2D eigenvalue weighted by Crippen LogP contribution is 2.25. The van der Waals surface area contributed by atoms with Gasteiger partial charge in [-0.25, -0.2) is 8.42 Å². The molecule has 0 radical (unpaired) electrons. The summed E-state index contributed by atoms with van der Waals surface area (Å²) in [6.45, 7) is 5.33. The smallest absolute Gasteiger partial charge is 0.270 e. The molecular formula is C21H26N4O5S. The van der Waals surface area contributed by atoms with E-state index in [1.165, 1.54) is 16.4 Å². The normalized spacial score (nSPS) is 15.0. The molecule has 1 amide bonds. The predicted octanol–water partition coefficient (Wildman–Crippen LogP) is 2.26. The second-order valence-electron chi connectivity index (χ2n) is 7.34. The summed E-state index contributed by atoms with van der Waals surface area (Å²) in [7, 11) is -3.89. The molecule has 2 aromatic carbocycles. The molecule has 2 aromatic rings. The lowest BCUT2D eigenvalue weighted by molar-refractivity contribution is -0.385. The van der Waals surface area contributed by atoms with Crippen LogP contribution < -0.4 is 4.90 Å². The van der Waals surface area contributed by atoms with Crippen molar-refractivity contribution >= 4 is 27.3 Å².